The molecule has 0 aliphatic heterocycles. The van der Waals surface area contributed by atoms with E-state index in [1.807, 2.05) is 25.1 Å². The summed E-state index contributed by atoms with van der Waals surface area (Å²) in [6, 6.07) is 5.76. The minimum atomic E-state index is 0.00593. The summed E-state index contributed by atoms with van der Waals surface area (Å²) in [5, 5.41) is 2.84. The Labute approximate surface area is 96.2 Å². The lowest BCUT2D eigenvalue weighted by molar-refractivity contribution is -0.117. The Bertz CT molecular complexity index is 377. The Morgan fingerprint density at radius 2 is 2.19 bits per heavy atom. The highest BCUT2D eigenvalue weighted by Gasteiger charge is 2.14. The fraction of sp³-hybridized carbons (Fsp3) is 0.417. The first-order chi connectivity index (χ1) is 7.60. The minimum absolute atomic E-state index is 0.00593. The Balaban J connectivity index is 3.01. The van der Waals surface area contributed by atoms with Crippen molar-refractivity contribution in [3.63, 3.8) is 0 Å². The molecule has 0 bridgehead atoms. The van der Waals surface area contributed by atoms with Crippen LogP contribution in [0.15, 0.2) is 18.2 Å². The highest BCUT2D eigenvalue weighted by molar-refractivity contribution is 5.95. The van der Waals surface area contributed by atoms with Gasteiger partial charge in [0.05, 0.1) is 19.3 Å². The Kier molecular flexibility index (Phi) is 4.31. The monoisotopic (exact) mass is 222 g/mol. The summed E-state index contributed by atoms with van der Waals surface area (Å²) < 4.78 is 5.24. The van der Waals surface area contributed by atoms with Gasteiger partial charge >= 0.3 is 0 Å². The topological polar surface area (TPSA) is 41.6 Å². The lowest BCUT2D eigenvalue weighted by atomic mass is 10.2. The second kappa shape index (κ2) is 5.51. The summed E-state index contributed by atoms with van der Waals surface area (Å²) in [6.45, 7) is 2.30. The zero-order valence-electron chi connectivity index (χ0n) is 10.2. The lowest BCUT2D eigenvalue weighted by Gasteiger charge is -2.20. The van der Waals surface area contributed by atoms with Crippen LogP contribution in [-0.4, -0.2) is 33.7 Å². The van der Waals surface area contributed by atoms with Crippen LogP contribution in [0.3, 0.4) is 0 Å². The number of nitrogens with one attached hydrogen (secondary N) is 1. The van der Waals surface area contributed by atoms with Crippen LogP contribution >= 0.6 is 0 Å². The van der Waals surface area contributed by atoms with E-state index in [-0.39, 0.29) is 5.91 Å². The number of amides is 1. The number of anilines is 1. The van der Waals surface area contributed by atoms with E-state index in [1.54, 1.807) is 26.1 Å². The molecule has 0 atom stereocenters. The molecule has 1 aromatic rings. The molecule has 0 heterocycles. The number of aryl methyl sites for hydroxylation is 1. The predicted octanol–water partition coefficient (Wildman–Crippen LogP) is 1.19. The van der Waals surface area contributed by atoms with Gasteiger partial charge in [-0.25, -0.2) is 0 Å². The first-order valence-electron chi connectivity index (χ1n) is 5.16. The third-order valence-electron chi connectivity index (χ3n) is 2.40. The van der Waals surface area contributed by atoms with Gasteiger partial charge in [-0.05, 0) is 31.7 Å². The van der Waals surface area contributed by atoms with Crippen molar-refractivity contribution >= 4 is 11.6 Å². The predicted molar refractivity (Wildman–Crippen MR) is 65.1 cm³/mol. The second-order valence-corrected chi connectivity index (χ2v) is 3.66. The molecule has 0 aliphatic rings. The molecule has 0 radical (unpaired) electrons. The summed E-state index contributed by atoms with van der Waals surface area (Å²) in [5.41, 5.74) is 1.89. The SMILES string of the molecule is CNCC(=O)N(C)c1cc(C)ccc1OC. The van der Waals surface area contributed by atoms with E-state index in [9.17, 15) is 4.79 Å². The number of hydrogen-bond acceptors (Lipinski definition) is 3. The summed E-state index contributed by atoms with van der Waals surface area (Å²) >= 11 is 0. The maximum atomic E-state index is 11.7. The van der Waals surface area contributed by atoms with Crippen molar-refractivity contribution in [2.24, 2.45) is 0 Å². The van der Waals surface area contributed by atoms with Gasteiger partial charge in [0.25, 0.3) is 0 Å². The number of ether oxygens (including phenoxy) is 1. The Morgan fingerprint density at radius 3 is 2.75 bits per heavy atom. The molecule has 0 unspecified atom stereocenters. The maximum Gasteiger partial charge on any atom is 0.240 e. The number of benzene rings is 1. The molecule has 16 heavy (non-hydrogen) atoms. The third-order valence-corrected chi connectivity index (χ3v) is 2.40. The van der Waals surface area contributed by atoms with E-state index in [2.05, 4.69) is 5.32 Å². The van der Waals surface area contributed by atoms with Crippen LogP contribution in [-0.2, 0) is 4.79 Å². The standard InChI is InChI=1S/C12H18N2O2/c1-9-5-6-11(16-4)10(7-9)14(3)12(15)8-13-2/h5-7,13H,8H2,1-4H3. The smallest absolute Gasteiger partial charge is 0.240 e. The van der Waals surface area contributed by atoms with E-state index in [0.717, 1.165) is 11.3 Å². The Morgan fingerprint density at radius 1 is 1.50 bits per heavy atom. The quantitative estimate of drug-likeness (QED) is 0.832. The molecule has 88 valence electrons. The molecular weight excluding hydrogens is 204 g/mol. The van der Waals surface area contributed by atoms with Crippen LogP contribution in [0.2, 0.25) is 0 Å². The number of carbonyl (C=O) groups is 1. The van der Waals surface area contributed by atoms with Crippen molar-refractivity contribution in [3.05, 3.63) is 23.8 Å². The molecule has 1 rings (SSSR count). The minimum Gasteiger partial charge on any atom is -0.495 e. The van der Waals surface area contributed by atoms with Crippen molar-refractivity contribution < 1.29 is 9.53 Å². The van der Waals surface area contributed by atoms with E-state index in [4.69, 9.17) is 4.74 Å². The fourth-order valence-electron chi connectivity index (χ4n) is 1.47. The molecule has 1 amide bonds. The average molecular weight is 222 g/mol. The third kappa shape index (κ3) is 2.73. The van der Waals surface area contributed by atoms with Crippen LogP contribution in [0, 0.1) is 6.92 Å². The molecule has 4 nitrogen and oxygen atoms in total. The highest BCUT2D eigenvalue weighted by atomic mass is 16.5. The second-order valence-electron chi connectivity index (χ2n) is 3.66. The zero-order chi connectivity index (χ0) is 12.1. The summed E-state index contributed by atoms with van der Waals surface area (Å²) in [4.78, 5) is 13.3. The maximum absolute atomic E-state index is 11.7. The van der Waals surface area contributed by atoms with E-state index < -0.39 is 0 Å². The van der Waals surface area contributed by atoms with Crippen molar-refractivity contribution in [3.8, 4) is 5.75 Å². The van der Waals surface area contributed by atoms with E-state index in [1.165, 1.54) is 0 Å². The molecule has 0 saturated carbocycles. The van der Waals surface area contributed by atoms with Crippen LogP contribution in [0.1, 0.15) is 5.56 Å². The summed E-state index contributed by atoms with van der Waals surface area (Å²) in [7, 11) is 5.10. The molecule has 4 heteroatoms. The molecule has 0 aromatic heterocycles. The van der Waals surface area contributed by atoms with Gasteiger partial charge in [-0.15, -0.1) is 0 Å². The molecule has 1 aromatic carbocycles. The molecule has 0 saturated heterocycles. The molecule has 0 aliphatic carbocycles. The Hall–Kier alpha value is -1.55. The number of hydrogen-bond donors (Lipinski definition) is 1. The first-order valence-corrected chi connectivity index (χ1v) is 5.16. The number of likely N-dealkylation sites (N-methyl/N-ethyl adjacent to an activating group) is 2. The van der Waals surface area contributed by atoms with Crippen LogP contribution in [0.25, 0.3) is 0 Å². The van der Waals surface area contributed by atoms with Crippen LogP contribution < -0.4 is 15.0 Å². The van der Waals surface area contributed by atoms with Crippen LogP contribution in [0.4, 0.5) is 5.69 Å². The number of methoxy groups -OCH3 is 1. The van der Waals surface area contributed by atoms with Gasteiger partial charge in [0, 0.05) is 7.05 Å². The van der Waals surface area contributed by atoms with Gasteiger partial charge in [0.1, 0.15) is 5.75 Å². The van der Waals surface area contributed by atoms with Gasteiger partial charge in [-0.3, -0.25) is 4.79 Å². The van der Waals surface area contributed by atoms with Gasteiger partial charge in [-0.1, -0.05) is 6.07 Å². The van der Waals surface area contributed by atoms with Crippen molar-refractivity contribution in [2.45, 2.75) is 6.92 Å². The molecule has 0 spiro atoms. The largest absolute Gasteiger partial charge is 0.495 e. The van der Waals surface area contributed by atoms with Gasteiger partial charge in [-0.2, -0.15) is 0 Å². The lowest BCUT2D eigenvalue weighted by Crippen LogP contribution is -2.34. The summed E-state index contributed by atoms with van der Waals surface area (Å²) in [6.07, 6.45) is 0. The first kappa shape index (κ1) is 12.5. The molecule has 1 N–H and O–H groups in total. The van der Waals surface area contributed by atoms with Crippen molar-refractivity contribution in [1.29, 1.82) is 0 Å². The van der Waals surface area contributed by atoms with Crippen LogP contribution in [0.5, 0.6) is 5.75 Å². The normalized spacial score (nSPS) is 10.0. The zero-order valence-corrected chi connectivity index (χ0v) is 10.2. The summed E-state index contributed by atoms with van der Waals surface area (Å²) in [5.74, 6) is 0.712. The van der Waals surface area contributed by atoms with Crippen molar-refractivity contribution in [2.75, 3.05) is 32.6 Å². The highest BCUT2D eigenvalue weighted by Crippen LogP contribution is 2.28. The number of nitrogens with zero attached hydrogens (tertiary/aromatic N) is 1. The fourth-order valence-corrected chi connectivity index (χ4v) is 1.47. The van der Waals surface area contributed by atoms with Gasteiger partial charge < -0.3 is 15.0 Å². The van der Waals surface area contributed by atoms with Gasteiger partial charge in [0.2, 0.25) is 5.91 Å². The van der Waals surface area contributed by atoms with Gasteiger partial charge in [0.15, 0.2) is 0 Å². The average Bonchev–Trinajstić information content (AvgIpc) is 2.28. The number of rotatable bonds is 4. The number of carbonyl (C=O) groups excluding carboxylic acids is 1. The molecular formula is C12H18N2O2. The van der Waals surface area contributed by atoms with E-state index in [0.29, 0.717) is 12.3 Å². The molecule has 0 fully saturated rings. The van der Waals surface area contributed by atoms with E-state index >= 15 is 0 Å². The van der Waals surface area contributed by atoms with Crippen molar-refractivity contribution in [1.82, 2.24) is 5.32 Å².